The van der Waals surface area contributed by atoms with Gasteiger partial charge in [-0.05, 0) is 19.3 Å². The minimum Gasteiger partial charge on any atom is -0.479 e. The van der Waals surface area contributed by atoms with Gasteiger partial charge in [0.15, 0.2) is 6.10 Å². The van der Waals surface area contributed by atoms with Gasteiger partial charge in [0, 0.05) is 5.33 Å². The standard InChI is InChI=1S/C6H11BrO3/c7-4-2-1-3-5(8)6(9)10/h5,8H,1-4H2,(H,9,10). The molecule has 0 radical (unpaired) electrons. The van der Waals surface area contributed by atoms with Gasteiger partial charge in [-0.3, -0.25) is 0 Å². The maximum atomic E-state index is 10.0. The zero-order valence-corrected chi connectivity index (χ0v) is 7.17. The van der Waals surface area contributed by atoms with Crippen molar-refractivity contribution < 1.29 is 15.0 Å². The van der Waals surface area contributed by atoms with Gasteiger partial charge in [0.25, 0.3) is 0 Å². The van der Waals surface area contributed by atoms with Gasteiger partial charge in [0.1, 0.15) is 0 Å². The van der Waals surface area contributed by atoms with Crippen molar-refractivity contribution >= 4 is 21.9 Å². The van der Waals surface area contributed by atoms with Gasteiger partial charge in [-0.15, -0.1) is 0 Å². The highest BCUT2D eigenvalue weighted by molar-refractivity contribution is 9.09. The smallest absolute Gasteiger partial charge is 0.332 e. The minimum absolute atomic E-state index is 0.348. The van der Waals surface area contributed by atoms with Gasteiger partial charge in [0.2, 0.25) is 0 Å². The molecular formula is C6H11BrO3. The molecule has 0 aliphatic rings. The van der Waals surface area contributed by atoms with Crippen LogP contribution in [-0.2, 0) is 4.79 Å². The summed E-state index contributed by atoms with van der Waals surface area (Å²) in [5.74, 6) is -1.13. The number of aliphatic carboxylic acids is 1. The molecule has 0 aliphatic heterocycles. The van der Waals surface area contributed by atoms with E-state index in [-0.39, 0.29) is 0 Å². The van der Waals surface area contributed by atoms with E-state index in [0.717, 1.165) is 18.2 Å². The van der Waals surface area contributed by atoms with E-state index in [2.05, 4.69) is 15.9 Å². The van der Waals surface area contributed by atoms with Crippen LogP contribution in [0.25, 0.3) is 0 Å². The van der Waals surface area contributed by atoms with Gasteiger partial charge in [-0.25, -0.2) is 4.79 Å². The molecule has 0 saturated heterocycles. The molecule has 0 aromatic carbocycles. The topological polar surface area (TPSA) is 57.5 Å². The minimum atomic E-state index is -1.18. The van der Waals surface area contributed by atoms with Crippen molar-refractivity contribution in [1.82, 2.24) is 0 Å². The van der Waals surface area contributed by atoms with Crippen molar-refractivity contribution in [3.8, 4) is 0 Å². The molecule has 1 unspecified atom stereocenters. The van der Waals surface area contributed by atoms with Crippen LogP contribution in [-0.4, -0.2) is 27.6 Å². The highest BCUT2D eigenvalue weighted by Crippen LogP contribution is 2.02. The summed E-state index contributed by atoms with van der Waals surface area (Å²) in [5.41, 5.74) is 0. The molecule has 0 spiro atoms. The van der Waals surface area contributed by atoms with Crippen LogP contribution in [0.5, 0.6) is 0 Å². The Morgan fingerprint density at radius 2 is 2.10 bits per heavy atom. The van der Waals surface area contributed by atoms with Crippen molar-refractivity contribution in [2.45, 2.75) is 25.4 Å². The van der Waals surface area contributed by atoms with Gasteiger partial charge in [-0.1, -0.05) is 15.9 Å². The fraction of sp³-hybridized carbons (Fsp3) is 0.833. The van der Waals surface area contributed by atoms with Crippen molar-refractivity contribution in [3.05, 3.63) is 0 Å². The molecule has 0 amide bonds. The number of carboxylic acids is 1. The number of carboxylic acid groups (broad SMARTS) is 1. The van der Waals surface area contributed by atoms with E-state index >= 15 is 0 Å². The molecule has 3 nitrogen and oxygen atoms in total. The van der Waals surface area contributed by atoms with Crippen molar-refractivity contribution in [2.24, 2.45) is 0 Å². The first-order valence-corrected chi connectivity index (χ1v) is 4.27. The Kier molecular flexibility index (Phi) is 5.63. The first kappa shape index (κ1) is 9.91. The quantitative estimate of drug-likeness (QED) is 0.526. The Morgan fingerprint density at radius 1 is 1.50 bits per heavy atom. The van der Waals surface area contributed by atoms with Crippen LogP contribution < -0.4 is 0 Å². The molecule has 60 valence electrons. The van der Waals surface area contributed by atoms with E-state index in [1.54, 1.807) is 0 Å². The second kappa shape index (κ2) is 5.68. The monoisotopic (exact) mass is 210 g/mol. The number of hydrogen-bond donors (Lipinski definition) is 2. The number of rotatable bonds is 5. The van der Waals surface area contributed by atoms with Crippen LogP contribution in [0.4, 0.5) is 0 Å². The summed E-state index contributed by atoms with van der Waals surface area (Å²) in [6.07, 6.45) is 0.823. The third-order valence-corrected chi connectivity index (χ3v) is 1.71. The van der Waals surface area contributed by atoms with Gasteiger partial charge in [-0.2, -0.15) is 0 Å². The van der Waals surface area contributed by atoms with Crippen LogP contribution in [0.3, 0.4) is 0 Å². The molecule has 4 heteroatoms. The summed E-state index contributed by atoms with van der Waals surface area (Å²) in [6.45, 7) is 0. The van der Waals surface area contributed by atoms with E-state index in [1.807, 2.05) is 0 Å². The highest BCUT2D eigenvalue weighted by atomic mass is 79.9. The largest absolute Gasteiger partial charge is 0.479 e. The van der Waals surface area contributed by atoms with Crippen molar-refractivity contribution in [3.63, 3.8) is 0 Å². The second-order valence-electron chi connectivity index (χ2n) is 2.04. The summed E-state index contributed by atoms with van der Waals surface area (Å²) < 4.78 is 0. The van der Waals surface area contributed by atoms with E-state index in [4.69, 9.17) is 10.2 Å². The zero-order chi connectivity index (χ0) is 7.98. The lowest BCUT2D eigenvalue weighted by Crippen LogP contribution is -2.18. The average Bonchev–Trinajstić information content (AvgIpc) is 1.88. The Labute approximate surface area is 68.2 Å². The molecule has 1 atom stereocenters. The number of aliphatic hydroxyl groups excluding tert-OH is 1. The third-order valence-electron chi connectivity index (χ3n) is 1.15. The molecule has 0 fully saturated rings. The molecule has 0 heterocycles. The van der Waals surface area contributed by atoms with Gasteiger partial charge >= 0.3 is 5.97 Å². The summed E-state index contributed by atoms with van der Waals surface area (Å²) in [6, 6.07) is 0. The number of halogens is 1. The summed E-state index contributed by atoms with van der Waals surface area (Å²) in [7, 11) is 0. The Bertz CT molecular complexity index is 105. The van der Waals surface area contributed by atoms with Crippen molar-refractivity contribution in [2.75, 3.05) is 5.33 Å². The van der Waals surface area contributed by atoms with Crippen molar-refractivity contribution in [1.29, 1.82) is 0 Å². The van der Waals surface area contributed by atoms with Crippen LogP contribution in [0.2, 0.25) is 0 Å². The SMILES string of the molecule is O=C(O)C(O)CCCCBr. The molecule has 0 aromatic rings. The number of carbonyl (C=O) groups is 1. The number of aliphatic hydroxyl groups is 1. The lowest BCUT2D eigenvalue weighted by atomic mass is 10.2. The lowest BCUT2D eigenvalue weighted by molar-refractivity contribution is -0.146. The van der Waals surface area contributed by atoms with Crippen LogP contribution >= 0.6 is 15.9 Å². The average molecular weight is 211 g/mol. The molecule has 0 aromatic heterocycles. The first-order chi connectivity index (χ1) is 4.68. The summed E-state index contributed by atoms with van der Waals surface area (Å²) in [4.78, 5) is 10.0. The molecular weight excluding hydrogens is 200 g/mol. The van der Waals surface area contributed by atoms with E-state index < -0.39 is 12.1 Å². The molecule has 2 N–H and O–H groups in total. The maximum absolute atomic E-state index is 10.0. The predicted molar refractivity (Wildman–Crippen MR) is 41.3 cm³/mol. The molecule has 0 rings (SSSR count). The fourth-order valence-corrected chi connectivity index (χ4v) is 0.952. The summed E-state index contributed by atoms with van der Waals surface area (Å²) >= 11 is 3.21. The molecule has 0 bridgehead atoms. The number of unbranched alkanes of at least 4 members (excludes halogenated alkanes) is 1. The van der Waals surface area contributed by atoms with Crippen LogP contribution in [0.15, 0.2) is 0 Å². The van der Waals surface area contributed by atoms with E-state index in [9.17, 15) is 4.79 Å². The Hall–Kier alpha value is -0.0900. The normalized spacial score (nSPS) is 13.0. The molecule has 10 heavy (non-hydrogen) atoms. The number of alkyl halides is 1. The third kappa shape index (κ3) is 4.76. The highest BCUT2D eigenvalue weighted by Gasteiger charge is 2.10. The van der Waals surface area contributed by atoms with Crippen LogP contribution in [0, 0.1) is 0 Å². The van der Waals surface area contributed by atoms with E-state index in [1.165, 1.54) is 0 Å². The van der Waals surface area contributed by atoms with Gasteiger partial charge < -0.3 is 10.2 Å². The first-order valence-electron chi connectivity index (χ1n) is 3.15. The van der Waals surface area contributed by atoms with Gasteiger partial charge in [0.05, 0.1) is 0 Å². The molecule has 0 aliphatic carbocycles. The zero-order valence-electron chi connectivity index (χ0n) is 5.59. The number of hydrogen-bond acceptors (Lipinski definition) is 2. The predicted octanol–water partition coefficient (Wildman–Crippen LogP) is 0.997. The maximum Gasteiger partial charge on any atom is 0.332 e. The molecule has 0 saturated carbocycles. The second-order valence-corrected chi connectivity index (χ2v) is 2.83. The Balaban J connectivity index is 3.21. The Morgan fingerprint density at radius 3 is 2.50 bits per heavy atom. The fourth-order valence-electron chi connectivity index (χ4n) is 0.556. The van der Waals surface area contributed by atoms with E-state index in [0.29, 0.717) is 6.42 Å². The summed E-state index contributed by atoms with van der Waals surface area (Å²) in [5, 5.41) is 17.8. The lowest BCUT2D eigenvalue weighted by Gasteiger charge is -2.02. The van der Waals surface area contributed by atoms with Crippen LogP contribution in [0.1, 0.15) is 19.3 Å².